The number of aromatic nitrogens is 2. The van der Waals surface area contributed by atoms with E-state index in [4.69, 9.17) is 4.74 Å². The molecule has 96 valence electrons. The van der Waals surface area contributed by atoms with E-state index in [1.54, 1.807) is 0 Å². The fraction of sp³-hybridized carbons (Fsp3) is 0.636. The van der Waals surface area contributed by atoms with Crippen LogP contribution in [0, 0.1) is 0 Å². The molecule has 1 heterocycles. The van der Waals surface area contributed by atoms with Crippen LogP contribution in [0.15, 0.2) is 15.7 Å². The second kappa shape index (κ2) is 6.90. The van der Waals surface area contributed by atoms with Crippen LogP contribution in [0.4, 0.5) is 0 Å². The lowest BCUT2D eigenvalue weighted by atomic mass is 10.3. The Bertz CT molecular complexity index is 450. The Balaban J connectivity index is 2.42. The fourth-order valence-corrected chi connectivity index (χ4v) is 1.40. The number of aromatic hydroxyl groups is 1. The second-order valence-corrected chi connectivity index (χ2v) is 3.77. The number of ether oxygens (including phenoxy) is 1. The van der Waals surface area contributed by atoms with Crippen molar-refractivity contribution < 1.29 is 9.84 Å². The standard InChI is InChI=1S/C11H18N2O4/c1-2-3-6-17-7-4-5-13-10(15)8-9(14)12-11(13)16/h8,15H,2-7H2,1H3,(H,12,14,16). The van der Waals surface area contributed by atoms with E-state index in [0.717, 1.165) is 23.5 Å². The van der Waals surface area contributed by atoms with E-state index in [0.29, 0.717) is 26.2 Å². The lowest BCUT2D eigenvalue weighted by Gasteiger charge is -2.07. The van der Waals surface area contributed by atoms with Crippen LogP contribution in [0.3, 0.4) is 0 Å². The van der Waals surface area contributed by atoms with Crippen molar-refractivity contribution in [2.24, 2.45) is 0 Å². The fourth-order valence-electron chi connectivity index (χ4n) is 1.40. The van der Waals surface area contributed by atoms with E-state index in [9.17, 15) is 14.7 Å². The first-order valence-electron chi connectivity index (χ1n) is 5.76. The van der Waals surface area contributed by atoms with Crippen LogP contribution in [0.5, 0.6) is 5.88 Å². The Morgan fingerprint density at radius 1 is 1.35 bits per heavy atom. The molecule has 0 aromatic carbocycles. The molecule has 6 heteroatoms. The van der Waals surface area contributed by atoms with Gasteiger partial charge in [0, 0.05) is 19.8 Å². The number of aromatic amines is 1. The van der Waals surface area contributed by atoms with E-state index < -0.39 is 11.2 Å². The molecule has 1 rings (SSSR count). The Morgan fingerprint density at radius 2 is 2.06 bits per heavy atom. The third-order valence-corrected chi connectivity index (χ3v) is 2.32. The molecule has 2 N–H and O–H groups in total. The summed E-state index contributed by atoms with van der Waals surface area (Å²) in [6, 6.07) is 0.985. The summed E-state index contributed by atoms with van der Waals surface area (Å²) >= 11 is 0. The van der Waals surface area contributed by atoms with Gasteiger partial charge in [-0.2, -0.15) is 0 Å². The van der Waals surface area contributed by atoms with Crippen LogP contribution >= 0.6 is 0 Å². The summed E-state index contributed by atoms with van der Waals surface area (Å²) in [6.07, 6.45) is 2.72. The van der Waals surface area contributed by atoms with Gasteiger partial charge in [-0.1, -0.05) is 13.3 Å². The van der Waals surface area contributed by atoms with Crippen LogP contribution in [-0.2, 0) is 11.3 Å². The number of unbranched alkanes of at least 4 members (excludes halogenated alkanes) is 1. The van der Waals surface area contributed by atoms with Crippen LogP contribution in [0.1, 0.15) is 26.2 Å². The smallest absolute Gasteiger partial charge is 0.331 e. The largest absolute Gasteiger partial charge is 0.494 e. The molecule has 0 aliphatic carbocycles. The molecule has 1 aromatic heterocycles. The summed E-state index contributed by atoms with van der Waals surface area (Å²) in [6.45, 7) is 3.66. The van der Waals surface area contributed by atoms with Gasteiger partial charge in [-0.25, -0.2) is 4.79 Å². The van der Waals surface area contributed by atoms with Crippen LogP contribution in [0.25, 0.3) is 0 Å². The summed E-state index contributed by atoms with van der Waals surface area (Å²) in [7, 11) is 0. The zero-order valence-corrected chi connectivity index (χ0v) is 9.94. The van der Waals surface area contributed by atoms with Gasteiger partial charge in [-0.05, 0) is 12.8 Å². The summed E-state index contributed by atoms with van der Waals surface area (Å²) in [5, 5.41) is 9.42. The summed E-state index contributed by atoms with van der Waals surface area (Å²) in [5.74, 6) is -0.313. The van der Waals surface area contributed by atoms with Gasteiger partial charge in [-0.15, -0.1) is 0 Å². The molecular weight excluding hydrogens is 224 g/mol. The third-order valence-electron chi connectivity index (χ3n) is 2.32. The third kappa shape index (κ3) is 4.44. The SMILES string of the molecule is CCCCOCCCn1c(O)cc(=O)[nH]c1=O. The molecule has 0 saturated heterocycles. The number of hydrogen-bond donors (Lipinski definition) is 2. The minimum atomic E-state index is -0.594. The quantitative estimate of drug-likeness (QED) is 0.680. The van der Waals surface area contributed by atoms with Crippen molar-refractivity contribution in [3.8, 4) is 5.88 Å². The number of H-pyrrole nitrogens is 1. The first-order chi connectivity index (χ1) is 8.15. The highest BCUT2D eigenvalue weighted by molar-refractivity contribution is 5.05. The van der Waals surface area contributed by atoms with E-state index in [1.165, 1.54) is 0 Å². The Kier molecular flexibility index (Phi) is 5.48. The average Bonchev–Trinajstić information content (AvgIpc) is 2.26. The Hall–Kier alpha value is -1.56. The summed E-state index contributed by atoms with van der Waals surface area (Å²) in [5.41, 5.74) is -1.19. The van der Waals surface area contributed by atoms with Gasteiger partial charge in [0.15, 0.2) is 0 Å². The molecule has 0 radical (unpaired) electrons. The maximum atomic E-state index is 11.3. The average molecular weight is 242 g/mol. The summed E-state index contributed by atoms with van der Waals surface area (Å²) < 4.78 is 6.45. The second-order valence-electron chi connectivity index (χ2n) is 3.77. The molecule has 0 atom stereocenters. The van der Waals surface area contributed by atoms with Crippen molar-refractivity contribution in [2.45, 2.75) is 32.7 Å². The van der Waals surface area contributed by atoms with Gasteiger partial charge >= 0.3 is 5.69 Å². The van der Waals surface area contributed by atoms with Crippen molar-refractivity contribution in [1.29, 1.82) is 0 Å². The maximum absolute atomic E-state index is 11.3. The van der Waals surface area contributed by atoms with Gasteiger partial charge in [0.25, 0.3) is 5.56 Å². The van der Waals surface area contributed by atoms with Gasteiger partial charge in [0.1, 0.15) is 0 Å². The van der Waals surface area contributed by atoms with Gasteiger partial charge in [-0.3, -0.25) is 14.3 Å². The Labute approximate surface area is 98.9 Å². The van der Waals surface area contributed by atoms with Crippen LogP contribution in [-0.4, -0.2) is 27.9 Å². The first kappa shape index (κ1) is 13.5. The molecule has 0 unspecified atom stereocenters. The van der Waals surface area contributed by atoms with E-state index in [2.05, 4.69) is 11.9 Å². The molecule has 1 aromatic rings. The van der Waals surface area contributed by atoms with Crippen LogP contribution < -0.4 is 11.2 Å². The predicted molar refractivity (Wildman–Crippen MR) is 63.3 cm³/mol. The minimum absolute atomic E-state index is 0.313. The van der Waals surface area contributed by atoms with Gasteiger partial charge < -0.3 is 9.84 Å². The molecule has 0 fully saturated rings. The Morgan fingerprint density at radius 3 is 2.71 bits per heavy atom. The molecule has 6 nitrogen and oxygen atoms in total. The van der Waals surface area contributed by atoms with Crippen molar-refractivity contribution >= 4 is 0 Å². The van der Waals surface area contributed by atoms with Gasteiger partial charge in [0.05, 0.1) is 6.07 Å². The van der Waals surface area contributed by atoms with Gasteiger partial charge in [0.2, 0.25) is 5.88 Å². The lowest BCUT2D eigenvalue weighted by Crippen LogP contribution is -2.29. The molecule has 17 heavy (non-hydrogen) atoms. The van der Waals surface area contributed by atoms with Crippen molar-refractivity contribution in [1.82, 2.24) is 9.55 Å². The molecule has 0 saturated carbocycles. The highest BCUT2D eigenvalue weighted by atomic mass is 16.5. The molecule has 0 amide bonds. The first-order valence-corrected chi connectivity index (χ1v) is 5.76. The van der Waals surface area contributed by atoms with E-state index in [1.807, 2.05) is 0 Å². The zero-order valence-electron chi connectivity index (χ0n) is 9.94. The normalized spacial score (nSPS) is 10.6. The molecule has 0 bridgehead atoms. The molecule has 0 aliphatic rings. The molecule has 0 aliphatic heterocycles. The maximum Gasteiger partial charge on any atom is 0.331 e. The minimum Gasteiger partial charge on any atom is -0.494 e. The monoisotopic (exact) mass is 242 g/mol. The number of nitrogens with zero attached hydrogens (tertiary/aromatic N) is 1. The highest BCUT2D eigenvalue weighted by Crippen LogP contribution is 2.01. The lowest BCUT2D eigenvalue weighted by molar-refractivity contribution is 0.125. The highest BCUT2D eigenvalue weighted by Gasteiger charge is 2.03. The van der Waals surface area contributed by atoms with E-state index in [-0.39, 0.29) is 5.88 Å². The van der Waals surface area contributed by atoms with E-state index >= 15 is 0 Å². The molecule has 0 spiro atoms. The number of hydrogen-bond acceptors (Lipinski definition) is 4. The molecular formula is C11H18N2O4. The van der Waals surface area contributed by atoms with Crippen molar-refractivity contribution in [3.63, 3.8) is 0 Å². The summed E-state index contributed by atoms with van der Waals surface area (Å²) in [4.78, 5) is 24.3. The van der Waals surface area contributed by atoms with Crippen LogP contribution in [0.2, 0.25) is 0 Å². The predicted octanol–water partition coefficient (Wildman–Crippen LogP) is 0.449. The van der Waals surface area contributed by atoms with Crippen molar-refractivity contribution in [3.05, 3.63) is 26.9 Å². The number of rotatable bonds is 7. The zero-order chi connectivity index (χ0) is 12.7. The number of nitrogens with one attached hydrogen (secondary N) is 1. The van der Waals surface area contributed by atoms with Crippen molar-refractivity contribution in [2.75, 3.05) is 13.2 Å². The topological polar surface area (TPSA) is 84.3 Å².